The first-order chi connectivity index (χ1) is 17.5. The van der Waals surface area contributed by atoms with Crippen molar-refractivity contribution in [3.8, 4) is 0 Å². The molecule has 0 fully saturated rings. The van der Waals surface area contributed by atoms with E-state index in [1.165, 1.54) is 6.08 Å². The molecule has 0 aromatic heterocycles. The number of ether oxygens (including phenoxy) is 1. The zero-order valence-electron chi connectivity index (χ0n) is 19.9. The molecule has 2 amide bonds. The molecule has 36 heavy (non-hydrogen) atoms. The van der Waals surface area contributed by atoms with Gasteiger partial charge in [-0.2, -0.15) is 0 Å². The molecule has 0 aliphatic heterocycles. The van der Waals surface area contributed by atoms with E-state index in [1.807, 2.05) is 91.0 Å². The van der Waals surface area contributed by atoms with Gasteiger partial charge < -0.3 is 20.5 Å². The zero-order chi connectivity index (χ0) is 25.6. The number of carbonyl (C=O) groups excluding carboxylic acids is 2. The van der Waals surface area contributed by atoms with Gasteiger partial charge in [0.25, 0.3) is 0 Å². The first kappa shape index (κ1) is 26.2. The van der Waals surface area contributed by atoms with Crippen molar-refractivity contribution < 1.29 is 24.2 Å². The lowest BCUT2D eigenvalue weighted by Gasteiger charge is -2.22. The summed E-state index contributed by atoms with van der Waals surface area (Å²) in [6.45, 7) is 0.0768. The highest BCUT2D eigenvalue weighted by molar-refractivity contribution is 5.86. The van der Waals surface area contributed by atoms with Crippen molar-refractivity contribution in [3.63, 3.8) is 0 Å². The minimum absolute atomic E-state index is 0.0768. The van der Waals surface area contributed by atoms with E-state index >= 15 is 0 Å². The fourth-order valence-electron chi connectivity index (χ4n) is 3.63. The monoisotopic (exact) mass is 486 g/mol. The van der Waals surface area contributed by atoms with Crippen LogP contribution in [0.15, 0.2) is 103 Å². The Kier molecular flexibility index (Phi) is 10.3. The molecule has 186 valence electrons. The molecule has 0 bridgehead atoms. The van der Waals surface area contributed by atoms with Gasteiger partial charge in [0.15, 0.2) is 0 Å². The maximum absolute atomic E-state index is 13.3. The lowest BCUT2D eigenvalue weighted by atomic mass is 10.0. The number of amides is 2. The molecule has 3 aromatic rings. The number of carboxylic acid groups (broad SMARTS) is 1. The Labute approximate surface area is 210 Å². The number of alkyl carbamates (subject to hydrolysis) is 1. The van der Waals surface area contributed by atoms with Crippen molar-refractivity contribution in [1.82, 2.24) is 10.6 Å². The van der Waals surface area contributed by atoms with Crippen molar-refractivity contribution in [2.24, 2.45) is 0 Å². The molecule has 0 aliphatic carbocycles. The summed E-state index contributed by atoms with van der Waals surface area (Å²) in [7, 11) is 0. The summed E-state index contributed by atoms with van der Waals surface area (Å²) in [5.41, 5.74) is 2.77. The van der Waals surface area contributed by atoms with Gasteiger partial charge in [-0.3, -0.25) is 4.79 Å². The van der Waals surface area contributed by atoms with Gasteiger partial charge in [0.05, 0.1) is 0 Å². The van der Waals surface area contributed by atoms with E-state index in [9.17, 15) is 14.4 Å². The maximum Gasteiger partial charge on any atom is 0.408 e. The quantitative estimate of drug-likeness (QED) is 0.332. The molecule has 0 saturated heterocycles. The van der Waals surface area contributed by atoms with E-state index in [1.54, 1.807) is 0 Å². The van der Waals surface area contributed by atoms with Gasteiger partial charge in [-0.25, -0.2) is 9.59 Å². The Morgan fingerprint density at radius 2 is 1.33 bits per heavy atom. The van der Waals surface area contributed by atoms with E-state index in [2.05, 4.69) is 10.6 Å². The predicted molar refractivity (Wildman–Crippen MR) is 137 cm³/mol. The maximum atomic E-state index is 13.3. The Morgan fingerprint density at radius 3 is 1.92 bits per heavy atom. The van der Waals surface area contributed by atoms with Crippen LogP contribution in [-0.4, -0.2) is 35.2 Å². The van der Waals surface area contributed by atoms with Crippen LogP contribution in [0.2, 0.25) is 0 Å². The molecule has 3 aromatic carbocycles. The minimum atomic E-state index is -1.10. The van der Waals surface area contributed by atoms with Gasteiger partial charge in [0.2, 0.25) is 5.91 Å². The Bertz CT molecular complexity index is 1130. The number of aliphatic carboxylic acids is 1. The van der Waals surface area contributed by atoms with Gasteiger partial charge >= 0.3 is 12.1 Å². The number of carbonyl (C=O) groups is 3. The van der Waals surface area contributed by atoms with Crippen LogP contribution >= 0.6 is 0 Å². The number of rotatable bonds is 12. The number of carboxylic acids is 1. The standard InChI is InChI=1S/C29H30N2O5/c32-27(33)19-18-25(17-16-22-10-4-1-5-11-22)30-28(34)26(20-23-12-6-2-7-13-23)31-29(35)36-21-24-14-8-3-9-15-24/h1-15,18-19,25-26H,16-17,20-21H2,(H,30,34)(H,31,35)(H,32,33). The second-order valence-electron chi connectivity index (χ2n) is 8.29. The average Bonchev–Trinajstić information content (AvgIpc) is 2.90. The number of aryl methyl sites for hydroxylation is 1. The average molecular weight is 487 g/mol. The number of nitrogens with one attached hydrogen (secondary N) is 2. The second-order valence-corrected chi connectivity index (χ2v) is 8.29. The molecule has 2 unspecified atom stereocenters. The lowest BCUT2D eigenvalue weighted by molar-refractivity contribution is -0.131. The van der Waals surface area contributed by atoms with Crippen LogP contribution in [-0.2, 0) is 33.8 Å². The van der Waals surface area contributed by atoms with E-state index in [-0.39, 0.29) is 13.0 Å². The summed E-state index contributed by atoms with van der Waals surface area (Å²) in [6.07, 6.45) is 3.15. The molecule has 0 aliphatic rings. The fourth-order valence-corrected chi connectivity index (χ4v) is 3.63. The third-order valence-corrected chi connectivity index (χ3v) is 5.49. The van der Waals surface area contributed by atoms with Crippen molar-refractivity contribution in [2.75, 3.05) is 0 Å². The van der Waals surface area contributed by atoms with Crippen molar-refractivity contribution in [2.45, 2.75) is 38.0 Å². The highest BCUT2D eigenvalue weighted by Crippen LogP contribution is 2.09. The molecule has 0 saturated carbocycles. The van der Waals surface area contributed by atoms with E-state index < -0.39 is 30.1 Å². The van der Waals surface area contributed by atoms with Crippen molar-refractivity contribution >= 4 is 18.0 Å². The van der Waals surface area contributed by atoms with Crippen LogP contribution in [0.1, 0.15) is 23.1 Å². The summed E-state index contributed by atoms with van der Waals surface area (Å²) >= 11 is 0. The van der Waals surface area contributed by atoms with Gasteiger partial charge in [-0.05, 0) is 29.5 Å². The largest absolute Gasteiger partial charge is 0.478 e. The van der Waals surface area contributed by atoms with Crippen molar-refractivity contribution in [3.05, 3.63) is 120 Å². The Balaban J connectivity index is 1.68. The summed E-state index contributed by atoms with van der Waals surface area (Å²) in [5.74, 6) is -1.53. The van der Waals surface area contributed by atoms with Gasteiger partial charge in [0, 0.05) is 18.5 Å². The van der Waals surface area contributed by atoms with Crippen molar-refractivity contribution in [1.29, 1.82) is 0 Å². The molecule has 0 heterocycles. The van der Waals surface area contributed by atoms with Gasteiger partial charge in [0.1, 0.15) is 12.6 Å². The summed E-state index contributed by atoms with van der Waals surface area (Å²) < 4.78 is 5.31. The fraction of sp³-hybridized carbons (Fsp3) is 0.207. The summed E-state index contributed by atoms with van der Waals surface area (Å²) in [4.78, 5) is 36.9. The summed E-state index contributed by atoms with van der Waals surface area (Å²) in [6, 6.07) is 26.9. The second kappa shape index (κ2) is 14.1. The molecule has 0 spiro atoms. The SMILES string of the molecule is O=C(O)C=CC(CCc1ccccc1)NC(=O)C(Cc1ccccc1)NC(=O)OCc1ccccc1. The minimum Gasteiger partial charge on any atom is -0.478 e. The predicted octanol–water partition coefficient (Wildman–Crippen LogP) is 4.28. The van der Waals surface area contributed by atoms with Gasteiger partial charge in [-0.1, -0.05) is 97.1 Å². The van der Waals surface area contributed by atoms with Crippen LogP contribution in [0.3, 0.4) is 0 Å². The zero-order valence-corrected chi connectivity index (χ0v) is 19.9. The molecular weight excluding hydrogens is 456 g/mol. The Morgan fingerprint density at radius 1 is 0.778 bits per heavy atom. The molecule has 3 rings (SSSR count). The van der Waals surface area contributed by atoms with Crippen LogP contribution in [0.4, 0.5) is 4.79 Å². The number of benzene rings is 3. The molecule has 2 atom stereocenters. The highest BCUT2D eigenvalue weighted by Gasteiger charge is 2.24. The van der Waals surface area contributed by atoms with Crippen LogP contribution in [0.25, 0.3) is 0 Å². The first-order valence-electron chi connectivity index (χ1n) is 11.8. The van der Waals surface area contributed by atoms with E-state index in [4.69, 9.17) is 9.84 Å². The van der Waals surface area contributed by atoms with Crippen LogP contribution in [0.5, 0.6) is 0 Å². The van der Waals surface area contributed by atoms with E-state index in [0.717, 1.165) is 22.8 Å². The molecule has 0 radical (unpaired) electrons. The molecule has 3 N–H and O–H groups in total. The highest BCUT2D eigenvalue weighted by atomic mass is 16.5. The number of hydrogen-bond donors (Lipinski definition) is 3. The lowest BCUT2D eigenvalue weighted by Crippen LogP contribution is -2.50. The molecule has 7 nitrogen and oxygen atoms in total. The van der Waals surface area contributed by atoms with Crippen LogP contribution < -0.4 is 10.6 Å². The normalized spacial score (nSPS) is 12.4. The Hall–Kier alpha value is -4.39. The third-order valence-electron chi connectivity index (χ3n) is 5.49. The van der Waals surface area contributed by atoms with Crippen LogP contribution in [0, 0.1) is 0 Å². The number of hydrogen-bond acceptors (Lipinski definition) is 4. The molecule has 7 heteroatoms. The molecular formula is C29H30N2O5. The third kappa shape index (κ3) is 9.46. The first-order valence-corrected chi connectivity index (χ1v) is 11.8. The smallest absolute Gasteiger partial charge is 0.408 e. The van der Waals surface area contributed by atoms with E-state index in [0.29, 0.717) is 12.8 Å². The topological polar surface area (TPSA) is 105 Å². The summed E-state index contributed by atoms with van der Waals surface area (Å²) in [5, 5.41) is 14.6. The van der Waals surface area contributed by atoms with Gasteiger partial charge in [-0.15, -0.1) is 0 Å².